The summed E-state index contributed by atoms with van der Waals surface area (Å²) in [4.78, 5) is 28.9. The minimum Gasteiger partial charge on any atom is -0.487 e. The van der Waals surface area contributed by atoms with Crippen molar-refractivity contribution in [3.8, 4) is 5.75 Å². The number of benzene rings is 3. The van der Waals surface area contributed by atoms with Gasteiger partial charge in [0.05, 0.1) is 24.3 Å². The zero-order chi connectivity index (χ0) is 28.1. The van der Waals surface area contributed by atoms with Crippen LogP contribution in [0.4, 0.5) is 0 Å². The molecule has 0 saturated heterocycles. The first kappa shape index (κ1) is 28.1. The van der Waals surface area contributed by atoms with Gasteiger partial charge in [-0.2, -0.15) is 0 Å². The van der Waals surface area contributed by atoms with Gasteiger partial charge in [-0.05, 0) is 48.4 Å². The van der Waals surface area contributed by atoms with Crippen molar-refractivity contribution in [2.24, 2.45) is 0 Å². The molecule has 1 unspecified atom stereocenters. The van der Waals surface area contributed by atoms with E-state index in [0.717, 1.165) is 22.3 Å². The van der Waals surface area contributed by atoms with Gasteiger partial charge < -0.3 is 24.2 Å². The number of aliphatic hydroxyl groups is 1. The molecule has 0 radical (unpaired) electrons. The van der Waals surface area contributed by atoms with E-state index >= 15 is 0 Å². The van der Waals surface area contributed by atoms with Gasteiger partial charge in [0.2, 0.25) is 0 Å². The third-order valence-corrected chi connectivity index (χ3v) is 8.00. The van der Waals surface area contributed by atoms with Crippen LogP contribution in [-0.2, 0) is 38.6 Å². The Labute approximate surface area is 239 Å². The lowest BCUT2D eigenvalue weighted by Gasteiger charge is -2.39. The molecule has 40 heavy (non-hydrogen) atoms. The Balaban J connectivity index is 1.45. The molecule has 1 amide bonds. The third-order valence-electron chi connectivity index (χ3n) is 7.71. The molecule has 3 aromatic rings. The SMILES string of the molecule is COC(=O)[C@@H]1Cc2c(ccc(Cl)c2OCc2ccccc2)CN1C(=O)C(O[C@H]1CC[C@@H](O)CC1)c1ccccc1. The molecule has 1 saturated carbocycles. The van der Waals surface area contributed by atoms with Gasteiger partial charge in [-0.15, -0.1) is 0 Å². The van der Waals surface area contributed by atoms with Crippen LogP contribution < -0.4 is 4.74 Å². The van der Waals surface area contributed by atoms with Gasteiger partial charge in [0.1, 0.15) is 18.4 Å². The lowest BCUT2D eigenvalue weighted by atomic mass is 9.91. The van der Waals surface area contributed by atoms with Crippen LogP contribution in [-0.4, -0.2) is 47.2 Å². The molecule has 2 aliphatic rings. The number of fused-ring (bicyclic) bond motifs is 1. The number of nitrogens with zero attached hydrogens (tertiary/aromatic N) is 1. The molecule has 1 aliphatic heterocycles. The molecule has 8 heteroatoms. The molecule has 5 rings (SSSR count). The second kappa shape index (κ2) is 12.9. The Morgan fingerprint density at radius 2 is 1.65 bits per heavy atom. The number of methoxy groups -OCH3 is 1. The molecule has 0 bridgehead atoms. The highest BCUT2D eigenvalue weighted by atomic mass is 35.5. The van der Waals surface area contributed by atoms with Gasteiger partial charge in [0.15, 0.2) is 6.10 Å². The van der Waals surface area contributed by atoms with Crippen molar-refractivity contribution in [3.63, 3.8) is 0 Å². The predicted molar refractivity (Wildman–Crippen MR) is 151 cm³/mol. The van der Waals surface area contributed by atoms with Gasteiger partial charge in [-0.3, -0.25) is 4.79 Å². The van der Waals surface area contributed by atoms with E-state index < -0.39 is 18.1 Å². The van der Waals surface area contributed by atoms with Gasteiger partial charge in [0, 0.05) is 18.5 Å². The largest absolute Gasteiger partial charge is 0.487 e. The van der Waals surface area contributed by atoms with E-state index in [4.69, 9.17) is 25.8 Å². The molecular formula is C32H34ClNO6. The molecule has 1 aliphatic carbocycles. The lowest BCUT2D eigenvalue weighted by Crippen LogP contribution is -2.51. The van der Waals surface area contributed by atoms with E-state index in [0.29, 0.717) is 43.1 Å². The molecule has 3 aromatic carbocycles. The summed E-state index contributed by atoms with van der Waals surface area (Å²) in [6.45, 7) is 0.505. The second-order valence-electron chi connectivity index (χ2n) is 10.4. The summed E-state index contributed by atoms with van der Waals surface area (Å²) in [5.41, 5.74) is 3.36. The molecule has 1 heterocycles. The fourth-order valence-electron chi connectivity index (χ4n) is 5.50. The highest BCUT2D eigenvalue weighted by molar-refractivity contribution is 6.32. The maximum Gasteiger partial charge on any atom is 0.328 e. The highest BCUT2D eigenvalue weighted by Gasteiger charge is 2.41. The number of carbonyl (C=O) groups is 2. The monoisotopic (exact) mass is 563 g/mol. The average molecular weight is 564 g/mol. The van der Waals surface area contributed by atoms with Crippen LogP contribution in [0.15, 0.2) is 72.8 Å². The summed E-state index contributed by atoms with van der Waals surface area (Å²) in [5.74, 6) is -0.304. The average Bonchev–Trinajstić information content (AvgIpc) is 3.00. The van der Waals surface area contributed by atoms with E-state index in [1.165, 1.54) is 7.11 Å². The summed E-state index contributed by atoms with van der Waals surface area (Å²) in [5, 5.41) is 10.4. The molecule has 2 atom stereocenters. The van der Waals surface area contributed by atoms with Crippen molar-refractivity contribution in [2.45, 2.75) is 69.6 Å². The Morgan fingerprint density at radius 1 is 0.975 bits per heavy atom. The van der Waals surface area contributed by atoms with Crippen LogP contribution >= 0.6 is 11.6 Å². The zero-order valence-electron chi connectivity index (χ0n) is 22.5. The first-order valence-electron chi connectivity index (χ1n) is 13.7. The van der Waals surface area contributed by atoms with Crippen molar-refractivity contribution < 1.29 is 28.9 Å². The normalized spacial score (nSPS) is 21.3. The van der Waals surface area contributed by atoms with Crippen LogP contribution in [0.2, 0.25) is 5.02 Å². The topological polar surface area (TPSA) is 85.3 Å². The van der Waals surface area contributed by atoms with Crippen molar-refractivity contribution in [3.05, 3.63) is 100 Å². The van der Waals surface area contributed by atoms with E-state index in [2.05, 4.69) is 0 Å². The Morgan fingerprint density at radius 3 is 2.33 bits per heavy atom. The molecule has 1 N–H and O–H groups in total. The number of hydrogen-bond acceptors (Lipinski definition) is 6. The number of ether oxygens (including phenoxy) is 3. The summed E-state index contributed by atoms with van der Waals surface area (Å²) >= 11 is 6.58. The number of halogens is 1. The van der Waals surface area contributed by atoms with Gasteiger partial charge >= 0.3 is 5.97 Å². The maximum absolute atomic E-state index is 14.2. The Bertz CT molecular complexity index is 1310. The number of amides is 1. The number of rotatable bonds is 8. The molecule has 0 spiro atoms. The highest BCUT2D eigenvalue weighted by Crippen LogP contribution is 2.39. The van der Waals surface area contributed by atoms with E-state index in [-0.39, 0.29) is 31.1 Å². The van der Waals surface area contributed by atoms with Gasteiger partial charge in [-0.25, -0.2) is 4.79 Å². The molecule has 7 nitrogen and oxygen atoms in total. The fourth-order valence-corrected chi connectivity index (χ4v) is 5.74. The number of esters is 1. The Kier molecular flexibility index (Phi) is 9.04. The lowest BCUT2D eigenvalue weighted by molar-refractivity contribution is -0.163. The third kappa shape index (κ3) is 6.33. The van der Waals surface area contributed by atoms with Gasteiger partial charge in [-0.1, -0.05) is 78.3 Å². The van der Waals surface area contributed by atoms with Gasteiger partial charge in [0.25, 0.3) is 5.91 Å². The summed E-state index contributed by atoms with van der Waals surface area (Å²) in [6.07, 6.45) is 1.42. The Hall–Kier alpha value is -3.39. The molecule has 210 valence electrons. The second-order valence-corrected chi connectivity index (χ2v) is 10.8. The summed E-state index contributed by atoms with van der Waals surface area (Å²) in [6, 6.07) is 21.9. The summed E-state index contributed by atoms with van der Waals surface area (Å²) < 4.78 is 17.7. The van der Waals surface area contributed by atoms with E-state index in [1.807, 2.05) is 66.7 Å². The van der Waals surface area contributed by atoms with Crippen LogP contribution in [0, 0.1) is 0 Å². The molecular weight excluding hydrogens is 530 g/mol. The predicted octanol–water partition coefficient (Wildman–Crippen LogP) is 5.41. The smallest absolute Gasteiger partial charge is 0.328 e. The first-order valence-corrected chi connectivity index (χ1v) is 14.1. The van der Waals surface area contributed by atoms with Crippen molar-refractivity contribution in [1.82, 2.24) is 4.90 Å². The van der Waals surface area contributed by atoms with E-state index in [1.54, 1.807) is 11.0 Å². The minimum atomic E-state index is -0.892. The van der Waals surface area contributed by atoms with Crippen LogP contribution in [0.1, 0.15) is 54.0 Å². The van der Waals surface area contributed by atoms with Crippen LogP contribution in [0.25, 0.3) is 0 Å². The first-order chi connectivity index (χ1) is 19.4. The zero-order valence-corrected chi connectivity index (χ0v) is 23.3. The van der Waals surface area contributed by atoms with Crippen LogP contribution in [0.3, 0.4) is 0 Å². The standard InChI is InChI=1S/C32H34ClNO6/c1-38-32(37)28-18-26-23(12-17-27(33)30(26)39-20-21-8-4-2-5-9-21)19-34(28)31(36)29(22-10-6-3-7-11-22)40-25-15-13-24(35)14-16-25/h2-12,17,24-25,28-29,35H,13-16,18-20H2,1H3/t24-,25+,28-,29?/m0/s1. The van der Waals surface area contributed by atoms with E-state index in [9.17, 15) is 14.7 Å². The summed E-state index contributed by atoms with van der Waals surface area (Å²) in [7, 11) is 1.32. The molecule has 1 fully saturated rings. The quantitative estimate of drug-likeness (QED) is 0.369. The number of carbonyl (C=O) groups excluding carboxylic acids is 2. The minimum absolute atomic E-state index is 0.164. The van der Waals surface area contributed by atoms with Crippen LogP contribution in [0.5, 0.6) is 5.75 Å². The number of hydrogen-bond donors (Lipinski definition) is 1. The van der Waals surface area contributed by atoms with Crippen molar-refractivity contribution in [2.75, 3.05) is 7.11 Å². The fraction of sp³-hybridized carbons (Fsp3) is 0.375. The number of aliphatic hydroxyl groups excluding tert-OH is 1. The maximum atomic E-state index is 14.2. The van der Waals surface area contributed by atoms with Crippen molar-refractivity contribution >= 4 is 23.5 Å². The molecule has 0 aromatic heterocycles. The van der Waals surface area contributed by atoms with Crippen molar-refractivity contribution in [1.29, 1.82) is 0 Å².